The van der Waals surface area contributed by atoms with Crippen LogP contribution in [0.1, 0.15) is 18.7 Å². The molecule has 6 nitrogen and oxygen atoms in total. The van der Waals surface area contributed by atoms with Gasteiger partial charge < -0.3 is 4.42 Å². The molecule has 0 saturated heterocycles. The summed E-state index contributed by atoms with van der Waals surface area (Å²) >= 11 is 7.20. The zero-order chi connectivity index (χ0) is 19.7. The quantitative estimate of drug-likeness (QED) is 0.354. The molecule has 0 radical (unpaired) electrons. The lowest BCUT2D eigenvalue weighted by Crippen LogP contribution is -2.21. The Bertz CT molecular complexity index is 1220. The zero-order valence-electron chi connectivity index (χ0n) is 14.7. The molecule has 4 aromatic rings. The van der Waals surface area contributed by atoms with Crippen molar-refractivity contribution < 1.29 is 8.81 Å². The van der Waals surface area contributed by atoms with Crippen LogP contribution < -0.4 is 5.56 Å². The van der Waals surface area contributed by atoms with Crippen molar-refractivity contribution in [2.45, 2.75) is 24.3 Å². The predicted molar refractivity (Wildman–Crippen MR) is 106 cm³/mol. The van der Waals surface area contributed by atoms with Gasteiger partial charge in [-0.15, -0.1) is 10.2 Å². The fourth-order valence-electron chi connectivity index (χ4n) is 2.68. The van der Waals surface area contributed by atoms with Crippen molar-refractivity contribution in [3.05, 3.63) is 75.4 Å². The lowest BCUT2D eigenvalue weighted by molar-refractivity contribution is 0.469. The number of aromatic nitrogens is 4. The molecular formula is C19H14ClFN4O2S. The second-order valence-electron chi connectivity index (χ2n) is 5.88. The van der Waals surface area contributed by atoms with Crippen molar-refractivity contribution >= 4 is 34.3 Å². The molecule has 2 aromatic heterocycles. The summed E-state index contributed by atoms with van der Waals surface area (Å²) in [5, 5.41) is 8.73. The Hall–Kier alpha value is -2.71. The van der Waals surface area contributed by atoms with Gasteiger partial charge in [-0.3, -0.25) is 9.36 Å². The third-order valence-electron chi connectivity index (χ3n) is 4.04. The molecule has 0 aliphatic heterocycles. The van der Waals surface area contributed by atoms with Crippen molar-refractivity contribution in [1.29, 1.82) is 0 Å². The molecule has 2 heterocycles. The lowest BCUT2D eigenvalue weighted by atomic mass is 10.2. The van der Waals surface area contributed by atoms with E-state index in [4.69, 9.17) is 16.0 Å². The highest BCUT2D eigenvalue weighted by molar-refractivity contribution is 7.98. The van der Waals surface area contributed by atoms with Crippen molar-refractivity contribution in [2.75, 3.05) is 0 Å². The van der Waals surface area contributed by atoms with Crippen molar-refractivity contribution in [3.8, 4) is 5.69 Å². The molecule has 0 fully saturated rings. The summed E-state index contributed by atoms with van der Waals surface area (Å²) in [6.07, 6.45) is 0.644. The van der Waals surface area contributed by atoms with Crippen LogP contribution in [-0.4, -0.2) is 19.7 Å². The van der Waals surface area contributed by atoms with Gasteiger partial charge in [-0.25, -0.2) is 9.37 Å². The minimum atomic E-state index is -0.556. The first kappa shape index (κ1) is 18.6. The van der Waals surface area contributed by atoms with E-state index < -0.39 is 5.82 Å². The van der Waals surface area contributed by atoms with Gasteiger partial charge in [0.2, 0.25) is 11.8 Å². The van der Waals surface area contributed by atoms with Gasteiger partial charge in [0.25, 0.3) is 5.56 Å². The summed E-state index contributed by atoms with van der Waals surface area (Å²) in [5.41, 5.74) is 0.728. The maximum Gasteiger partial charge on any atom is 0.266 e. The minimum absolute atomic E-state index is 0.0713. The number of aryl methyl sites for hydroxylation is 1. The van der Waals surface area contributed by atoms with E-state index in [1.165, 1.54) is 34.5 Å². The molecule has 0 aliphatic carbocycles. The number of para-hydroxylation sites is 1. The van der Waals surface area contributed by atoms with Gasteiger partial charge in [-0.1, -0.05) is 42.4 Å². The molecule has 0 aliphatic rings. The van der Waals surface area contributed by atoms with E-state index in [1.807, 2.05) is 13.0 Å². The number of fused-ring (bicyclic) bond motifs is 1. The standard InChI is InChI=1S/C19H14ClFN4O2S/c1-2-16-23-24-17(27-16)10-28-19-22-15-6-4-3-5-12(15)18(26)25(19)11-7-8-14(21)13(20)9-11/h3-9H,2,10H2,1H3. The van der Waals surface area contributed by atoms with Crippen LogP contribution in [0.2, 0.25) is 5.02 Å². The zero-order valence-corrected chi connectivity index (χ0v) is 16.3. The highest BCUT2D eigenvalue weighted by atomic mass is 35.5. The highest BCUT2D eigenvalue weighted by Crippen LogP contribution is 2.26. The smallest absolute Gasteiger partial charge is 0.266 e. The van der Waals surface area contributed by atoms with E-state index in [1.54, 1.807) is 18.2 Å². The van der Waals surface area contributed by atoms with E-state index in [0.29, 0.717) is 45.7 Å². The van der Waals surface area contributed by atoms with E-state index >= 15 is 0 Å². The summed E-state index contributed by atoms with van der Waals surface area (Å²) in [6, 6.07) is 11.2. The van der Waals surface area contributed by atoms with Gasteiger partial charge in [-0.2, -0.15) is 0 Å². The Morgan fingerprint density at radius 3 is 2.71 bits per heavy atom. The van der Waals surface area contributed by atoms with Crippen LogP contribution in [0.25, 0.3) is 16.6 Å². The summed E-state index contributed by atoms with van der Waals surface area (Å²) in [4.78, 5) is 17.7. The first-order valence-electron chi connectivity index (χ1n) is 8.48. The maximum absolute atomic E-state index is 13.6. The second-order valence-corrected chi connectivity index (χ2v) is 7.23. The van der Waals surface area contributed by atoms with E-state index in [0.717, 1.165) is 0 Å². The molecule has 142 valence electrons. The van der Waals surface area contributed by atoms with Gasteiger partial charge in [0.1, 0.15) is 5.82 Å². The molecule has 2 aromatic carbocycles. The fourth-order valence-corrected chi connectivity index (χ4v) is 3.70. The third kappa shape index (κ3) is 3.53. The Balaban J connectivity index is 1.83. The van der Waals surface area contributed by atoms with E-state index in [9.17, 15) is 9.18 Å². The van der Waals surface area contributed by atoms with Crippen molar-refractivity contribution in [2.24, 2.45) is 0 Å². The van der Waals surface area contributed by atoms with Crippen LogP contribution >= 0.6 is 23.4 Å². The van der Waals surface area contributed by atoms with E-state index in [2.05, 4.69) is 15.2 Å². The molecule has 0 bridgehead atoms. The Kier molecular flexibility index (Phi) is 5.15. The minimum Gasteiger partial charge on any atom is -0.424 e. The Morgan fingerprint density at radius 2 is 1.96 bits per heavy atom. The number of hydrogen-bond acceptors (Lipinski definition) is 6. The monoisotopic (exact) mass is 416 g/mol. The predicted octanol–water partition coefficient (Wildman–Crippen LogP) is 4.42. The first-order chi connectivity index (χ1) is 13.6. The second kappa shape index (κ2) is 7.73. The Labute approximate surface area is 168 Å². The van der Waals surface area contributed by atoms with Crippen LogP contribution in [0.15, 0.2) is 56.8 Å². The number of thioether (sulfide) groups is 1. The molecule has 28 heavy (non-hydrogen) atoms. The van der Waals surface area contributed by atoms with Crippen LogP contribution in [0.3, 0.4) is 0 Å². The van der Waals surface area contributed by atoms with Gasteiger partial charge in [0.05, 0.1) is 27.4 Å². The molecule has 0 saturated carbocycles. The topological polar surface area (TPSA) is 73.8 Å². The van der Waals surface area contributed by atoms with E-state index in [-0.39, 0.29) is 10.6 Å². The normalized spacial score (nSPS) is 11.2. The molecule has 4 rings (SSSR count). The fraction of sp³-hybridized carbons (Fsp3) is 0.158. The molecule has 0 unspecified atom stereocenters. The average Bonchev–Trinajstić information content (AvgIpc) is 3.17. The van der Waals surface area contributed by atoms with Gasteiger partial charge >= 0.3 is 0 Å². The molecule has 0 atom stereocenters. The number of halogens is 2. The average molecular weight is 417 g/mol. The third-order valence-corrected chi connectivity index (χ3v) is 5.26. The Morgan fingerprint density at radius 1 is 1.18 bits per heavy atom. The summed E-state index contributed by atoms with van der Waals surface area (Å²) < 4.78 is 20.5. The maximum atomic E-state index is 13.6. The largest absolute Gasteiger partial charge is 0.424 e. The lowest BCUT2D eigenvalue weighted by Gasteiger charge is -2.13. The SMILES string of the molecule is CCc1nnc(CSc2nc3ccccc3c(=O)n2-c2ccc(F)c(Cl)c2)o1. The van der Waals surface area contributed by atoms with Gasteiger partial charge in [0.15, 0.2) is 5.16 Å². The van der Waals surface area contributed by atoms with Crippen LogP contribution in [0, 0.1) is 5.82 Å². The molecule has 0 amide bonds. The summed E-state index contributed by atoms with van der Waals surface area (Å²) in [6.45, 7) is 1.92. The van der Waals surface area contributed by atoms with Gasteiger partial charge in [-0.05, 0) is 30.3 Å². The van der Waals surface area contributed by atoms with Crippen LogP contribution in [0.4, 0.5) is 4.39 Å². The number of rotatable bonds is 5. The first-order valence-corrected chi connectivity index (χ1v) is 9.84. The molecule has 0 spiro atoms. The van der Waals surface area contributed by atoms with Crippen LogP contribution in [0.5, 0.6) is 0 Å². The number of benzene rings is 2. The van der Waals surface area contributed by atoms with Crippen molar-refractivity contribution in [3.63, 3.8) is 0 Å². The van der Waals surface area contributed by atoms with Crippen molar-refractivity contribution in [1.82, 2.24) is 19.7 Å². The summed E-state index contributed by atoms with van der Waals surface area (Å²) in [7, 11) is 0. The highest BCUT2D eigenvalue weighted by Gasteiger charge is 2.16. The summed E-state index contributed by atoms with van der Waals surface area (Å²) in [5.74, 6) is 0.768. The number of hydrogen-bond donors (Lipinski definition) is 0. The molecule has 0 N–H and O–H groups in total. The molecule has 9 heteroatoms. The van der Waals surface area contributed by atoms with Crippen LogP contribution in [-0.2, 0) is 12.2 Å². The molecular weight excluding hydrogens is 403 g/mol. The van der Waals surface area contributed by atoms with Gasteiger partial charge in [0, 0.05) is 6.42 Å². The number of nitrogens with zero attached hydrogens (tertiary/aromatic N) is 4.